The molecule has 22 heavy (non-hydrogen) atoms. The van der Waals surface area contributed by atoms with Crippen molar-refractivity contribution in [3.63, 3.8) is 0 Å². The van der Waals surface area contributed by atoms with Gasteiger partial charge in [0.05, 0.1) is 23.7 Å². The van der Waals surface area contributed by atoms with E-state index in [0.717, 1.165) is 32.1 Å². The topological polar surface area (TPSA) is 112 Å². The summed E-state index contributed by atoms with van der Waals surface area (Å²) >= 11 is 0. The molecule has 0 radical (unpaired) electrons. The summed E-state index contributed by atoms with van der Waals surface area (Å²) in [5.74, 6) is -7.49. The number of fused-ring (bicyclic) bond motifs is 1. The number of hydrogen-bond acceptors (Lipinski definition) is 4. The summed E-state index contributed by atoms with van der Waals surface area (Å²) in [5.41, 5.74) is 0. The first-order valence-corrected chi connectivity index (χ1v) is 7.76. The fourth-order valence-corrected chi connectivity index (χ4v) is 4.36. The van der Waals surface area contributed by atoms with Gasteiger partial charge < -0.3 is 10.2 Å². The standard InChI is InChI=1S/C15H19NO6/c17-12-10-8(14(19)20)6-9(15(21)22)11(10)13(18)16(12)7-4-2-1-3-5-7/h7-11H,1-6H2,(H,19,20)(H,21,22). The maximum Gasteiger partial charge on any atom is 0.307 e. The SMILES string of the molecule is O=C(O)C1CC(C(=O)O)C2C(=O)N(C3CCCCC3)C(=O)C12. The fourth-order valence-electron chi connectivity index (χ4n) is 4.36. The summed E-state index contributed by atoms with van der Waals surface area (Å²) in [6.07, 6.45) is 4.24. The highest BCUT2D eigenvalue weighted by Crippen LogP contribution is 2.49. The lowest BCUT2D eigenvalue weighted by Crippen LogP contribution is -2.43. The molecule has 0 spiro atoms. The van der Waals surface area contributed by atoms with E-state index >= 15 is 0 Å². The molecule has 3 aliphatic rings. The summed E-state index contributed by atoms with van der Waals surface area (Å²) in [5, 5.41) is 18.6. The third kappa shape index (κ3) is 2.10. The molecule has 0 aromatic carbocycles. The lowest BCUT2D eigenvalue weighted by molar-refractivity contribution is -0.152. The Hall–Kier alpha value is -1.92. The number of hydrogen-bond donors (Lipinski definition) is 2. The van der Waals surface area contributed by atoms with Gasteiger partial charge in [0.1, 0.15) is 0 Å². The van der Waals surface area contributed by atoms with E-state index in [1.54, 1.807) is 0 Å². The van der Waals surface area contributed by atoms with E-state index < -0.39 is 47.4 Å². The number of amides is 2. The van der Waals surface area contributed by atoms with Crippen LogP contribution < -0.4 is 0 Å². The molecule has 120 valence electrons. The van der Waals surface area contributed by atoms with Gasteiger partial charge in [-0.2, -0.15) is 0 Å². The monoisotopic (exact) mass is 309 g/mol. The van der Waals surface area contributed by atoms with Crippen molar-refractivity contribution in [3.05, 3.63) is 0 Å². The highest BCUT2D eigenvalue weighted by molar-refractivity contribution is 6.09. The van der Waals surface area contributed by atoms with Crippen LogP contribution in [-0.4, -0.2) is 44.9 Å². The van der Waals surface area contributed by atoms with Gasteiger partial charge in [-0.3, -0.25) is 24.1 Å². The Balaban J connectivity index is 1.93. The zero-order valence-electron chi connectivity index (χ0n) is 12.1. The van der Waals surface area contributed by atoms with Crippen LogP contribution >= 0.6 is 0 Å². The molecule has 2 saturated carbocycles. The third-order valence-electron chi connectivity index (χ3n) is 5.38. The Morgan fingerprint density at radius 3 is 1.73 bits per heavy atom. The largest absolute Gasteiger partial charge is 0.481 e. The predicted octanol–water partition coefficient (Wildman–Crippen LogP) is 0.726. The molecular weight excluding hydrogens is 290 g/mol. The number of imide groups is 1. The second-order valence-corrected chi connectivity index (χ2v) is 6.52. The zero-order valence-corrected chi connectivity index (χ0v) is 12.1. The Kier molecular flexibility index (Phi) is 3.66. The van der Waals surface area contributed by atoms with Crippen molar-refractivity contribution in [2.45, 2.75) is 44.6 Å². The lowest BCUT2D eigenvalue weighted by atomic mass is 9.89. The Labute approximate surface area is 127 Å². The number of nitrogens with zero attached hydrogens (tertiary/aromatic N) is 1. The van der Waals surface area contributed by atoms with E-state index in [4.69, 9.17) is 0 Å². The molecule has 1 saturated heterocycles. The molecule has 3 fully saturated rings. The van der Waals surface area contributed by atoms with Crippen LogP contribution in [0.25, 0.3) is 0 Å². The molecule has 7 nitrogen and oxygen atoms in total. The number of carbonyl (C=O) groups excluding carboxylic acids is 2. The molecule has 0 bridgehead atoms. The van der Waals surface area contributed by atoms with Crippen molar-refractivity contribution < 1.29 is 29.4 Å². The maximum absolute atomic E-state index is 12.6. The molecule has 1 heterocycles. The molecule has 4 unspecified atom stereocenters. The number of aliphatic carboxylic acids is 2. The van der Waals surface area contributed by atoms with E-state index in [0.29, 0.717) is 0 Å². The molecule has 0 aromatic rings. The number of rotatable bonds is 3. The van der Waals surface area contributed by atoms with E-state index in [9.17, 15) is 29.4 Å². The van der Waals surface area contributed by atoms with E-state index in [1.165, 1.54) is 4.90 Å². The molecule has 2 aliphatic carbocycles. The first-order chi connectivity index (χ1) is 10.4. The number of carboxylic acids is 2. The van der Waals surface area contributed by atoms with Gasteiger partial charge in [0.15, 0.2) is 0 Å². The lowest BCUT2D eigenvalue weighted by Gasteiger charge is -2.30. The molecule has 1 aliphatic heterocycles. The summed E-state index contributed by atoms with van der Waals surface area (Å²) in [6.45, 7) is 0. The van der Waals surface area contributed by atoms with Gasteiger partial charge >= 0.3 is 11.9 Å². The van der Waals surface area contributed by atoms with Crippen LogP contribution in [0, 0.1) is 23.7 Å². The van der Waals surface area contributed by atoms with Crippen LogP contribution in [0.1, 0.15) is 38.5 Å². The average Bonchev–Trinajstić information content (AvgIpc) is 2.98. The number of carbonyl (C=O) groups is 4. The minimum atomic E-state index is -1.19. The molecule has 3 rings (SSSR count). The summed E-state index contributed by atoms with van der Waals surface area (Å²) in [4.78, 5) is 49.2. The van der Waals surface area contributed by atoms with Crippen LogP contribution in [0.2, 0.25) is 0 Å². The smallest absolute Gasteiger partial charge is 0.307 e. The van der Waals surface area contributed by atoms with Crippen molar-refractivity contribution in [1.82, 2.24) is 4.90 Å². The normalized spacial score (nSPS) is 35.7. The molecule has 2 N–H and O–H groups in total. The quantitative estimate of drug-likeness (QED) is 0.743. The van der Waals surface area contributed by atoms with Crippen LogP contribution in [0.5, 0.6) is 0 Å². The molecular formula is C15H19NO6. The molecule has 7 heteroatoms. The van der Waals surface area contributed by atoms with Crippen LogP contribution in [0.3, 0.4) is 0 Å². The van der Waals surface area contributed by atoms with Gasteiger partial charge in [0.25, 0.3) is 0 Å². The third-order valence-corrected chi connectivity index (χ3v) is 5.38. The number of carboxylic acid groups (broad SMARTS) is 2. The maximum atomic E-state index is 12.6. The van der Waals surface area contributed by atoms with Gasteiger partial charge in [-0.15, -0.1) is 0 Å². The van der Waals surface area contributed by atoms with E-state index in [1.807, 2.05) is 0 Å². The number of likely N-dealkylation sites (tertiary alicyclic amines) is 1. The summed E-state index contributed by atoms with van der Waals surface area (Å²) in [6, 6.07) is -0.191. The highest BCUT2D eigenvalue weighted by atomic mass is 16.4. The average molecular weight is 309 g/mol. The minimum absolute atomic E-state index is 0.143. The second kappa shape index (κ2) is 5.37. The van der Waals surface area contributed by atoms with Crippen molar-refractivity contribution in [2.75, 3.05) is 0 Å². The van der Waals surface area contributed by atoms with Crippen molar-refractivity contribution >= 4 is 23.8 Å². The Morgan fingerprint density at radius 2 is 1.32 bits per heavy atom. The van der Waals surface area contributed by atoms with Crippen LogP contribution in [0.15, 0.2) is 0 Å². The fraction of sp³-hybridized carbons (Fsp3) is 0.733. The van der Waals surface area contributed by atoms with E-state index in [-0.39, 0.29) is 12.5 Å². The van der Waals surface area contributed by atoms with Crippen LogP contribution in [0.4, 0.5) is 0 Å². The van der Waals surface area contributed by atoms with Gasteiger partial charge in [-0.25, -0.2) is 0 Å². The summed E-state index contributed by atoms with van der Waals surface area (Å²) < 4.78 is 0. The summed E-state index contributed by atoms with van der Waals surface area (Å²) in [7, 11) is 0. The minimum Gasteiger partial charge on any atom is -0.481 e. The van der Waals surface area contributed by atoms with Gasteiger partial charge in [0, 0.05) is 6.04 Å². The molecule has 4 atom stereocenters. The van der Waals surface area contributed by atoms with Crippen molar-refractivity contribution in [3.8, 4) is 0 Å². The Bertz CT molecular complexity index is 500. The van der Waals surface area contributed by atoms with Gasteiger partial charge in [-0.05, 0) is 19.3 Å². The molecule has 2 amide bonds. The van der Waals surface area contributed by atoms with Crippen LogP contribution in [-0.2, 0) is 19.2 Å². The van der Waals surface area contributed by atoms with E-state index in [2.05, 4.69) is 0 Å². The zero-order chi connectivity index (χ0) is 16.0. The Morgan fingerprint density at radius 1 is 0.864 bits per heavy atom. The highest BCUT2D eigenvalue weighted by Gasteiger charge is 2.63. The van der Waals surface area contributed by atoms with Crippen molar-refractivity contribution in [2.24, 2.45) is 23.7 Å². The van der Waals surface area contributed by atoms with Gasteiger partial charge in [-0.1, -0.05) is 19.3 Å². The van der Waals surface area contributed by atoms with Gasteiger partial charge in [0.2, 0.25) is 11.8 Å². The first-order valence-electron chi connectivity index (χ1n) is 7.76. The molecule has 0 aromatic heterocycles. The second-order valence-electron chi connectivity index (χ2n) is 6.52. The van der Waals surface area contributed by atoms with Crippen molar-refractivity contribution in [1.29, 1.82) is 0 Å². The predicted molar refractivity (Wildman–Crippen MR) is 72.6 cm³/mol. The first kappa shape index (κ1) is 15.0.